The molecule has 182 valence electrons. The molecule has 2 aromatic rings. The van der Waals surface area contributed by atoms with Crippen molar-refractivity contribution in [2.24, 2.45) is 5.92 Å². The fraction of sp³-hybridized carbons (Fsp3) is 0.483. The van der Waals surface area contributed by atoms with E-state index in [1.165, 1.54) is 0 Å². The average Bonchev–Trinajstić information content (AvgIpc) is 3.16. The van der Waals surface area contributed by atoms with Gasteiger partial charge in [0.15, 0.2) is 11.5 Å². The van der Waals surface area contributed by atoms with Crippen LogP contribution in [0.15, 0.2) is 36.4 Å². The molecule has 0 unspecified atom stereocenters. The van der Waals surface area contributed by atoms with Gasteiger partial charge in [0.05, 0.1) is 17.1 Å². The summed E-state index contributed by atoms with van der Waals surface area (Å²) in [6.45, 7) is 4.92. The van der Waals surface area contributed by atoms with Crippen molar-refractivity contribution in [1.82, 2.24) is 9.80 Å². The van der Waals surface area contributed by atoms with Crippen LogP contribution >= 0.6 is 0 Å². The molecule has 2 aliphatic carbocycles. The fourth-order valence-electron chi connectivity index (χ4n) is 7.66. The molecule has 6 heteroatoms. The molecule has 0 aromatic heterocycles. The third-order valence-electron chi connectivity index (χ3n) is 9.15. The van der Waals surface area contributed by atoms with Gasteiger partial charge in [-0.2, -0.15) is 0 Å². The maximum atomic E-state index is 13.3. The van der Waals surface area contributed by atoms with Crippen LogP contribution in [0, 0.1) is 24.7 Å². The molecule has 4 aliphatic rings. The molecule has 1 spiro atoms. The van der Waals surface area contributed by atoms with Crippen LogP contribution in [-0.4, -0.2) is 70.3 Å². The molecule has 2 N–H and O–H groups in total. The summed E-state index contributed by atoms with van der Waals surface area (Å²) in [6, 6.07) is 11.2. The van der Waals surface area contributed by atoms with Crippen molar-refractivity contribution in [1.29, 1.82) is 0 Å². The smallest absolute Gasteiger partial charge is 0.298 e. The average molecular weight is 473 g/mol. The number of hydrogen-bond donors (Lipinski definition) is 2. The van der Waals surface area contributed by atoms with Crippen LogP contribution in [0.2, 0.25) is 0 Å². The van der Waals surface area contributed by atoms with Gasteiger partial charge in [0.1, 0.15) is 6.10 Å². The van der Waals surface area contributed by atoms with Gasteiger partial charge in [-0.25, -0.2) is 0 Å². The predicted octanol–water partition coefficient (Wildman–Crippen LogP) is 2.61. The summed E-state index contributed by atoms with van der Waals surface area (Å²) < 4.78 is 6.57. The number of amides is 1. The molecule has 2 aromatic carbocycles. The molecule has 6 atom stereocenters. The molecule has 35 heavy (non-hydrogen) atoms. The Balaban J connectivity index is 1.43. The Labute approximate surface area is 206 Å². The topological polar surface area (TPSA) is 73.2 Å². The van der Waals surface area contributed by atoms with Crippen molar-refractivity contribution in [2.75, 3.05) is 20.6 Å². The van der Waals surface area contributed by atoms with Gasteiger partial charge in [-0.3, -0.25) is 4.79 Å². The molecule has 1 saturated heterocycles. The predicted molar refractivity (Wildman–Crippen MR) is 132 cm³/mol. The standard InChI is InChI=1S/C29H32N2O4/c1-17-6-5-7-19(14-17)8-11-23(33)31(4)25-18(2)16-29(34)22-15-20-9-10-21(32)26-24(20)28(29,27(25)35-26)12-13-30(22)3/h5-7,9-10,14,18,22,25,27,32,34H,12-13,15-16H2,1-4H3/t18-,22+,25-,27-,28-,29+/m0/s1. The number of likely N-dealkylation sites (N-methyl/N-ethyl adjacent to an activating group) is 2. The van der Waals surface area contributed by atoms with Crippen LogP contribution < -0.4 is 4.74 Å². The largest absolute Gasteiger partial charge is 0.504 e. The molecule has 2 heterocycles. The Hall–Kier alpha value is -3.01. The number of aromatic hydroxyl groups is 1. The van der Waals surface area contributed by atoms with Gasteiger partial charge >= 0.3 is 0 Å². The fourth-order valence-corrected chi connectivity index (χ4v) is 7.66. The lowest BCUT2D eigenvalue weighted by Gasteiger charge is -2.65. The van der Waals surface area contributed by atoms with Gasteiger partial charge in [-0.1, -0.05) is 31.0 Å². The Morgan fingerprint density at radius 1 is 1.29 bits per heavy atom. The number of nitrogens with zero attached hydrogens (tertiary/aromatic N) is 2. The molecule has 6 nitrogen and oxygen atoms in total. The maximum absolute atomic E-state index is 13.3. The van der Waals surface area contributed by atoms with Gasteiger partial charge in [0.25, 0.3) is 5.91 Å². The molecule has 0 radical (unpaired) electrons. The van der Waals surface area contributed by atoms with E-state index < -0.39 is 17.1 Å². The van der Waals surface area contributed by atoms with Crippen molar-refractivity contribution in [2.45, 2.75) is 62.3 Å². The minimum absolute atomic E-state index is 0.0140. The van der Waals surface area contributed by atoms with E-state index in [4.69, 9.17) is 4.74 Å². The summed E-state index contributed by atoms with van der Waals surface area (Å²) in [7, 11) is 3.87. The van der Waals surface area contributed by atoms with Gasteiger partial charge in [-0.15, -0.1) is 0 Å². The first-order valence-corrected chi connectivity index (χ1v) is 12.5. The van der Waals surface area contributed by atoms with E-state index in [1.807, 2.05) is 37.3 Å². The number of piperidine rings is 1. The van der Waals surface area contributed by atoms with E-state index in [0.717, 1.165) is 35.2 Å². The van der Waals surface area contributed by atoms with Crippen molar-refractivity contribution in [3.63, 3.8) is 0 Å². The molecule has 2 bridgehead atoms. The Kier molecular flexibility index (Phi) is 4.81. The number of hydrogen-bond acceptors (Lipinski definition) is 5. The van der Waals surface area contributed by atoms with Crippen LogP contribution in [0.1, 0.15) is 42.0 Å². The summed E-state index contributed by atoms with van der Waals surface area (Å²) in [5.41, 5.74) is 2.33. The quantitative estimate of drug-likeness (QED) is 0.625. The number of aryl methyl sites for hydroxylation is 1. The second-order valence-corrected chi connectivity index (χ2v) is 11.0. The number of likely N-dealkylation sites (tertiary alicyclic amines) is 1. The summed E-state index contributed by atoms with van der Waals surface area (Å²) in [5, 5.41) is 23.2. The number of carbonyl (C=O) groups excluding carboxylic acids is 1. The number of rotatable bonds is 1. The van der Waals surface area contributed by atoms with Crippen molar-refractivity contribution >= 4 is 5.91 Å². The number of phenolic OH excluding ortho intramolecular Hbond substituents is 1. The molecule has 1 saturated carbocycles. The third kappa shape index (κ3) is 2.89. The first kappa shape index (κ1) is 22.5. The number of phenols is 1. The highest BCUT2D eigenvalue weighted by molar-refractivity contribution is 5.94. The summed E-state index contributed by atoms with van der Waals surface area (Å²) >= 11 is 0. The zero-order valence-corrected chi connectivity index (χ0v) is 20.7. The first-order valence-electron chi connectivity index (χ1n) is 12.5. The highest BCUT2D eigenvalue weighted by Crippen LogP contribution is 2.66. The molecule has 1 amide bonds. The van der Waals surface area contributed by atoms with Gasteiger partial charge in [0.2, 0.25) is 0 Å². The van der Waals surface area contributed by atoms with Crippen molar-refractivity contribution < 1.29 is 19.7 Å². The number of benzene rings is 2. The minimum atomic E-state index is -0.996. The second kappa shape index (κ2) is 7.49. The molecule has 2 aliphatic heterocycles. The normalized spacial score (nSPS) is 34.3. The minimum Gasteiger partial charge on any atom is -0.504 e. The van der Waals surface area contributed by atoms with Gasteiger partial charge < -0.3 is 24.7 Å². The highest BCUT2D eigenvalue weighted by Gasteiger charge is 2.74. The lowest BCUT2D eigenvalue weighted by Crippen LogP contribution is -2.79. The summed E-state index contributed by atoms with van der Waals surface area (Å²) in [6.07, 6.45) is 1.54. The van der Waals surface area contributed by atoms with E-state index in [-0.39, 0.29) is 29.7 Å². The van der Waals surface area contributed by atoms with Crippen LogP contribution in [0.4, 0.5) is 0 Å². The Morgan fingerprint density at radius 3 is 2.86 bits per heavy atom. The van der Waals surface area contributed by atoms with Crippen LogP contribution in [0.25, 0.3) is 0 Å². The summed E-state index contributed by atoms with van der Waals surface area (Å²) in [4.78, 5) is 17.3. The van der Waals surface area contributed by atoms with Crippen molar-refractivity contribution in [3.8, 4) is 23.3 Å². The SMILES string of the molecule is Cc1cccc(C#CC(=O)N(C)[C@H]2[C@@H](C)C[C@@]3(O)[C@H]4Cc5ccc(O)c6c5[C@@]3(CCN4C)[C@H]2O6)c1. The van der Waals surface area contributed by atoms with Crippen LogP contribution in [0.3, 0.4) is 0 Å². The molecular formula is C29H32N2O4. The second-order valence-electron chi connectivity index (χ2n) is 11.0. The lowest BCUT2D eigenvalue weighted by molar-refractivity contribution is -0.208. The third-order valence-corrected chi connectivity index (χ3v) is 9.15. The van der Waals surface area contributed by atoms with E-state index in [2.05, 4.69) is 30.7 Å². The zero-order valence-electron chi connectivity index (χ0n) is 20.7. The van der Waals surface area contributed by atoms with E-state index >= 15 is 0 Å². The number of ether oxygens (including phenoxy) is 1. The molecule has 6 rings (SSSR count). The van der Waals surface area contributed by atoms with E-state index in [9.17, 15) is 15.0 Å². The first-order chi connectivity index (χ1) is 16.7. The molecular weight excluding hydrogens is 440 g/mol. The maximum Gasteiger partial charge on any atom is 0.298 e. The van der Waals surface area contributed by atoms with Gasteiger partial charge in [0, 0.05) is 30.1 Å². The van der Waals surface area contributed by atoms with E-state index in [0.29, 0.717) is 18.6 Å². The highest BCUT2D eigenvalue weighted by atomic mass is 16.5. The van der Waals surface area contributed by atoms with Crippen LogP contribution in [-0.2, 0) is 16.6 Å². The summed E-state index contributed by atoms with van der Waals surface area (Å²) in [5.74, 6) is 6.14. The lowest BCUT2D eigenvalue weighted by atomic mass is 9.47. The number of aliphatic hydroxyl groups is 1. The Bertz CT molecular complexity index is 1300. The molecule has 2 fully saturated rings. The van der Waals surface area contributed by atoms with Gasteiger partial charge in [-0.05, 0) is 75.0 Å². The monoisotopic (exact) mass is 472 g/mol. The number of carbonyl (C=O) groups is 1. The Morgan fingerprint density at radius 2 is 2.09 bits per heavy atom. The van der Waals surface area contributed by atoms with Crippen molar-refractivity contribution in [3.05, 3.63) is 58.7 Å². The van der Waals surface area contributed by atoms with Crippen LogP contribution in [0.5, 0.6) is 11.5 Å². The van der Waals surface area contributed by atoms with E-state index in [1.54, 1.807) is 18.0 Å². The zero-order chi connectivity index (χ0) is 24.7.